The van der Waals surface area contributed by atoms with Crippen LogP contribution in [0.1, 0.15) is 29.2 Å². The number of anilines is 1. The molecule has 0 saturated heterocycles. The molecule has 0 amide bonds. The Kier molecular flexibility index (Phi) is 4.70. The van der Waals surface area contributed by atoms with Gasteiger partial charge in [-0.3, -0.25) is 0 Å². The zero-order valence-corrected chi connectivity index (χ0v) is 10.4. The van der Waals surface area contributed by atoms with Crippen molar-refractivity contribution < 1.29 is 14.6 Å². The Morgan fingerprint density at radius 2 is 2.38 bits per heavy atom. The maximum atomic E-state index is 11.5. The summed E-state index contributed by atoms with van der Waals surface area (Å²) in [5.41, 5.74) is 0.650. The minimum absolute atomic E-state index is 0.345. The van der Waals surface area contributed by atoms with E-state index in [-0.39, 0.29) is 5.97 Å². The van der Waals surface area contributed by atoms with Crippen LogP contribution < -0.4 is 5.32 Å². The fourth-order valence-electron chi connectivity index (χ4n) is 1.09. The summed E-state index contributed by atoms with van der Waals surface area (Å²) in [7, 11) is 0. The maximum Gasteiger partial charge on any atom is 0.350 e. The van der Waals surface area contributed by atoms with Gasteiger partial charge in [0.15, 0.2) is 5.13 Å². The molecule has 1 atom stereocenters. The van der Waals surface area contributed by atoms with Gasteiger partial charge < -0.3 is 15.2 Å². The number of hydrogen-bond donors (Lipinski definition) is 2. The summed E-state index contributed by atoms with van der Waals surface area (Å²) in [6.07, 6.45) is -0.449. The number of aliphatic hydroxyl groups is 1. The van der Waals surface area contributed by atoms with Crippen LogP contribution in [0, 0.1) is 6.92 Å². The van der Waals surface area contributed by atoms with Crippen molar-refractivity contribution in [3.63, 3.8) is 0 Å². The second-order valence-electron chi connectivity index (χ2n) is 3.38. The average Bonchev–Trinajstić information content (AvgIpc) is 2.57. The molecule has 0 spiro atoms. The molecule has 0 bridgehead atoms. The number of rotatable bonds is 5. The number of aliphatic hydroxyl groups excluding tert-OH is 1. The number of thiazole rings is 1. The quantitative estimate of drug-likeness (QED) is 0.766. The molecule has 16 heavy (non-hydrogen) atoms. The molecule has 1 unspecified atom stereocenters. The molecule has 0 fully saturated rings. The third kappa shape index (κ3) is 3.46. The Morgan fingerprint density at radius 3 is 2.94 bits per heavy atom. The van der Waals surface area contributed by atoms with Crippen molar-refractivity contribution in [1.29, 1.82) is 0 Å². The van der Waals surface area contributed by atoms with E-state index in [2.05, 4.69) is 10.3 Å². The molecule has 90 valence electrons. The molecule has 0 radical (unpaired) electrons. The summed E-state index contributed by atoms with van der Waals surface area (Å²) in [5, 5.41) is 12.7. The highest BCUT2D eigenvalue weighted by molar-refractivity contribution is 7.17. The average molecular weight is 244 g/mol. The van der Waals surface area contributed by atoms with Gasteiger partial charge in [-0.2, -0.15) is 0 Å². The molecule has 6 heteroatoms. The third-order valence-corrected chi connectivity index (χ3v) is 2.90. The predicted octanol–water partition coefficient (Wildman–Crippen LogP) is 1.42. The van der Waals surface area contributed by atoms with Crippen molar-refractivity contribution in [3.05, 3.63) is 10.6 Å². The summed E-state index contributed by atoms with van der Waals surface area (Å²) in [5.74, 6) is -0.345. The van der Waals surface area contributed by atoms with Gasteiger partial charge in [-0.1, -0.05) is 11.3 Å². The second kappa shape index (κ2) is 5.81. The monoisotopic (exact) mass is 244 g/mol. The van der Waals surface area contributed by atoms with E-state index in [9.17, 15) is 4.79 Å². The SMILES string of the molecule is CCOC(=O)c1sc(NCC(C)O)nc1C. The third-order valence-electron chi connectivity index (χ3n) is 1.81. The van der Waals surface area contributed by atoms with Crippen molar-refractivity contribution >= 4 is 22.4 Å². The fourth-order valence-corrected chi connectivity index (χ4v) is 1.96. The van der Waals surface area contributed by atoms with Crippen molar-refractivity contribution in [1.82, 2.24) is 4.98 Å². The lowest BCUT2D eigenvalue weighted by Crippen LogP contribution is -2.14. The van der Waals surface area contributed by atoms with E-state index >= 15 is 0 Å². The van der Waals surface area contributed by atoms with Crippen LogP contribution in [0.25, 0.3) is 0 Å². The van der Waals surface area contributed by atoms with Crippen LogP contribution in [0.15, 0.2) is 0 Å². The number of aryl methyl sites for hydroxylation is 1. The zero-order chi connectivity index (χ0) is 12.1. The first-order chi connectivity index (χ1) is 7.54. The minimum Gasteiger partial charge on any atom is -0.462 e. The molecule has 2 N–H and O–H groups in total. The first kappa shape index (κ1) is 12.9. The van der Waals surface area contributed by atoms with Gasteiger partial charge in [-0.05, 0) is 20.8 Å². The fraction of sp³-hybridized carbons (Fsp3) is 0.600. The smallest absolute Gasteiger partial charge is 0.350 e. The number of esters is 1. The normalized spacial score (nSPS) is 12.2. The number of ether oxygens (including phenoxy) is 1. The van der Waals surface area contributed by atoms with Crippen molar-refractivity contribution in [2.75, 3.05) is 18.5 Å². The van der Waals surface area contributed by atoms with Gasteiger partial charge in [0, 0.05) is 6.54 Å². The highest BCUT2D eigenvalue weighted by Crippen LogP contribution is 2.23. The molecule has 1 rings (SSSR count). The Morgan fingerprint density at radius 1 is 1.69 bits per heavy atom. The van der Waals surface area contributed by atoms with Gasteiger partial charge in [0.2, 0.25) is 0 Å². The molecule has 5 nitrogen and oxygen atoms in total. The van der Waals surface area contributed by atoms with Crippen molar-refractivity contribution in [3.8, 4) is 0 Å². The summed E-state index contributed by atoms with van der Waals surface area (Å²) in [6, 6.07) is 0. The summed E-state index contributed by atoms with van der Waals surface area (Å²) in [6.45, 7) is 5.97. The van der Waals surface area contributed by atoms with Gasteiger partial charge in [0.1, 0.15) is 4.88 Å². The summed E-state index contributed by atoms with van der Waals surface area (Å²) < 4.78 is 4.90. The van der Waals surface area contributed by atoms with Gasteiger partial charge in [-0.25, -0.2) is 9.78 Å². The number of hydrogen-bond acceptors (Lipinski definition) is 6. The number of nitrogens with zero attached hydrogens (tertiary/aromatic N) is 1. The lowest BCUT2D eigenvalue weighted by atomic mass is 10.4. The van der Waals surface area contributed by atoms with Crippen LogP contribution >= 0.6 is 11.3 Å². The molecule has 0 aromatic carbocycles. The van der Waals surface area contributed by atoms with Crippen LogP contribution in [-0.4, -0.2) is 35.3 Å². The van der Waals surface area contributed by atoms with Crippen molar-refractivity contribution in [2.24, 2.45) is 0 Å². The Bertz CT molecular complexity index is 363. The molecule has 0 saturated carbocycles. The Hall–Kier alpha value is -1.14. The molecular formula is C10H16N2O3S. The highest BCUT2D eigenvalue weighted by atomic mass is 32.1. The second-order valence-corrected chi connectivity index (χ2v) is 4.38. The van der Waals surface area contributed by atoms with E-state index in [1.807, 2.05) is 0 Å². The molecule has 0 aliphatic heterocycles. The van der Waals surface area contributed by atoms with E-state index in [4.69, 9.17) is 9.84 Å². The molecule has 1 heterocycles. The number of aromatic nitrogens is 1. The first-order valence-electron chi connectivity index (χ1n) is 5.11. The van der Waals surface area contributed by atoms with E-state index in [1.165, 1.54) is 11.3 Å². The van der Waals surface area contributed by atoms with Crippen molar-refractivity contribution in [2.45, 2.75) is 26.9 Å². The van der Waals surface area contributed by atoms with Crippen LogP contribution in [-0.2, 0) is 4.74 Å². The number of carbonyl (C=O) groups excluding carboxylic acids is 1. The standard InChI is InChI=1S/C10H16N2O3S/c1-4-15-9(14)8-7(3)12-10(16-8)11-5-6(2)13/h6,13H,4-5H2,1-3H3,(H,11,12). The number of nitrogens with one attached hydrogen (secondary N) is 1. The van der Waals surface area contributed by atoms with Crippen LogP contribution in [0.5, 0.6) is 0 Å². The minimum atomic E-state index is -0.449. The highest BCUT2D eigenvalue weighted by Gasteiger charge is 2.16. The maximum absolute atomic E-state index is 11.5. The molecule has 0 aliphatic carbocycles. The van der Waals surface area contributed by atoms with Gasteiger partial charge in [0.25, 0.3) is 0 Å². The van der Waals surface area contributed by atoms with Gasteiger partial charge in [0.05, 0.1) is 18.4 Å². The molecule has 0 aliphatic rings. The predicted molar refractivity (Wildman–Crippen MR) is 63.0 cm³/mol. The van der Waals surface area contributed by atoms with E-state index < -0.39 is 6.10 Å². The zero-order valence-electron chi connectivity index (χ0n) is 9.61. The van der Waals surface area contributed by atoms with Gasteiger partial charge >= 0.3 is 5.97 Å². The lowest BCUT2D eigenvalue weighted by Gasteiger charge is -2.03. The summed E-state index contributed by atoms with van der Waals surface area (Å²) in [4.78, 5) is 16.2. The molecular weight excluding hydrogens is 228 g/mol. The van der Waals surface area contributed by atoms with Gasteiger partial charge in [-0.15, -0.1) is 0 Å². The van der Waals surface area contributed by atoms with Crippen LogP contribution in [0.4, 0.5) is 5.13 Å². The van der Waals surface area contributed by atoms with Crippen LogP contribution in [0.2, 0.25) is 0 Å². The Balaban J connectivity index is 2.69. The molecule has 1 aromatic heterocycles. The molecule has 1 aromatic rings. The van der Waals surface area contributed by atoms with Crippen LogP contribution in [0.3, 0.4) is 0 Å². The largest absolute Gasteiger partial charge is 0.462 e. The lowest BCUT2D eigenvalue weighted by molar-refractivity contribution is 0.0531. The summed E-state index contributed by atoms with van der Waals surface area (Å²) >= 11 is 1.24. The van der Waals surface area contributed by atoms with E-state index in [1.54, 1.807) is 20.8 Å². The number of carbonyl (C=O) groups is 1. The topological polar surface area (TPSA) is 71.5 Å². The van der Waals surface area contributed by atoms with E-state index in [0.717, 1.165) is 0 Å². The van der Waals surface area contributed by atoms with E-state index in [0.29, 0.717) is 28.9 Å². The first-order valence-corrected chi connectivity index (χ1v) is 5.92. The Labute approximate surface area is 98.5 Å².